The number of ether oxygens (including phenoxy) is 1. The van der Waals surface area contributed by atoms with Crippen LogP contribution in [-0.4, -0.2) is 43.0 Å². The molecule has 0 amide bonds. The van der Waals surface area contributed by atoms with Gasteiger partial charge in [0.2, 0.25) is 0 Å². The molecule has 100 valence electrons. The van der Waals surface area contributed by atoms with E-state index < -0.39 is 12.1 Å². The van der Waals surface area contributed by atoms with Crippen molar-refractivity contribution in [3.05, 3.63) is 36.5 Å². The van der Waals surface area contributed by atoms with Crippen LogP contribution in [0.4, 0.5) is 4.39 Å². The van der Waals surface area contributed by atoms with Gasteiger partial charge in [0.15, 0.2) is 0 Å². The van der Waals surface area contributed by atoms with Crippen LogP contribution in [0.5, 0.6) is 0 Å². The van der Waals surface area contributed by atoms with Crippen molar-refractivity contribution in [1.82, 2.24) is 5.32 Å². The van der Waals surface area contributed by atoms with Crippen LogP contribution in [0.1, 0.15) is 6.42 Å². The van der Waals surface area contributed by atoms with Crippen LogP contribution in [-0.2, 0) is 9.53 Å². The van der Waals surface area contributed by atoms with Gasteiger partial charge in [-0.1, -0.05) is 18.7 Å². The van der Waals surface area contributed by atoms with Crippen LogP contribution in [0, 0.1) is 0 Å². The summed E-state index contributed by atoms with van der Waals surface area (Å²) in [7, 11) is 0. The fourth-order valence-electron chi connectivity index (χ4n) is 1.68. The summed E-state index contributed by atoms with van der Waals surface area (Å²) in [5.74, 6) is -1.01. The van der Waals surface area contributed by atoms with E-state index in [-0.39, 0.29) is 11.6 Å². The number of carboxylic acids is 1. The van der Waals surface area contributed by atoms with Crippen LogP contribution in [0.2, 0.25) is 0 Å². The number of allylic oxidation sites excluding steroid dienone is 2. The zero-order chi connectivity index (χ0) is 13.4. The van der Waals surface area contributed by atoms with Gasteiger partial charge in [-0.3, -0.25) is 0 Å². The average molecular weight is 255 g/mol. The first-order chi connectivity index (χ1) is 8.63. The van der Waals surface area contributed by atoms with E-state index in [9.17, 15) is 9.18 Å². The van der Waals surface area contributed by atoms with Crippen molar-refractivity contribution in [2.75, 3.05) is 19.8 Å². The first-order valence-electron chi connectivity index (χ1n) is 5.81. The number of nitrogens with one attached hydrogen (secondary N) is 1. The highest BCUT2D eigenvalue weighted by Gasteiger charge is 2.22. The Balaban J connectivity index is 2.22. The Kier molecular flexibility index (Phi) is 6.32. The Hall–Kier alpha value is -1.46. The van der Waals surface area contributed by atoms with E-state index in [0.717, 1.165) is 0 Å². The molecule has 18 heavy (non-hydrogen) atoms. The lowest BCUT2D eigenvalue weighted by atomic mass is 10.2. The molecule has 1 aliphatic heterocycles. The standard InChI is InChI=1S/C13H18FNO3/c1-2-4-10(13(16)17)5-3-6-18-9-12-7-11(14)8-15-12/h2-5,11-12,15H,1,6-9H2,(H,16,17)/b5-3-,10-4+. The highest BCUT2D eigenvalue weighted by molar-refractivity contribution is 5.90. The van der Waals surface area contributed by atoms with Crippen LogP contribution < -0.4 is 5.32 Å². The molecule has 0 spiro atoms. The molecule has 0 saturated carbocycles. The number of hydrogen-bond donors (Lipinski definition) is 2. The number of carbonyl (C=O) groups is 1. The van der Waals surface area contributed by atoms with Crippen LogP contribution in [0.3, 0.4) is 0 Å². The van der Waals surface area contributed by atoms with E-state index in [1.54, 1.807) is 6.08 Å². The highest BCUT2D eigenvalue weighted by Crippen LogP contribution is 2.09. The fraction of sp³-hybridized carbons (Fsp3) is 0.462. The zero-order valence-electron chi connectivity index (χ0n) is 10.1. The monoisotopic (exact) mass is 255 g/mol. The van der Waals surface area contributed by atoms with Crippen molar-refractivity contribution in [3.8, 4) is 0 Å². The first kappa shape index (κ1) is 14.6. The van der Waals surface area contributed by atoms with Crippen LogP contribution in [0.25, 0.3) is 0 Å². The van der Waals surface area contributed by atoms with Crippen molar-refractivity contribution in [3.63, 3.8) is 0 Å². The van der Waals surface area contributed by atoms with Gasteiger partial charge in [0.05, 0.1) is 18.8 Å². The summed E-state index contributed by atoms with van der Waals surface area (Å²) in [5, 5.41) is 11.8. The van der Waals surface area contributed by atoms with Gasteiger partial charge in [-0.25, -0.2) is 9.18 Å². The minimum atomic E-state index is -1.01. The normalized spacial score (nSPS) is 24.6. The van der Waals surface area contributed by atoms with Crippen molar-refractivity contribution in [2.45, 2.75) is 18.6 Å². The Bertz CT molecular complexity index is 352. The minimum Gasteiger partial charge on any atom is -0.478 e. The van der Waals surface area contributed by atoms with Gasteiger partial charge < -0.3 is 15.2 Å². The Morgan fingerprint density at radius 1 is 1.61 bits per heavy atom. The Morgan fingerprint density at radius 2 is 2.39 bits per heavy atom. The molecule has 0 aliphatic carbocycles. The van der Waals surface area contributed by atoms with E-state index in [1.807, 2.05) is 0 Å². The molecule has 0 radical (unpaired) electrons. The molecule has 0 bridgehead atoms. The minimum absolute atomic E-state index is 0.0519. The van der Waals surface area contributed by atoms with Gasteiger partial charge in [0.1, 0.15) is 6.17 Å². The summed E-state index contributed by atoms with van der Waals surface area (Å²) in [6, 6.07) is 0.0519. The predicted octanol–water partition coefficient (Wildman–Crippen LogP) is 1.46. The van der Waals surface area contributed by atoms with E-state index in [0.29, 0.717) is 26.2 Å². The van der Waals surface area contributed by atoms with Gasteiger partial charge >= 0.3 is 5.97 Å². The van der Waals surface area contributed by atoms with Crippen LogP contribution in [0.15, 0.2) is 36.5 Å². The Morgan fingerprint density at radius 3 is 2.94 bits per heavy atom. The molecule has 4 nitrogen and oxygen atoms in total. The molecule has 2 N–H and O–H groups in total. The first-order valence-corrected chi connectivity index (χ1v) is 5.81. The SMILES string of the molecule is C=C/C=C(\C=C/COCC1CC(F)CN1)C(=O)O. The second-order valence-corrected chi connectivity index (χ2v) is 4.04. The number of rotatable bonds is 7. The molecule has 1 heterocycles. The molecule has 0 aromatic heterocycles. The molecule has 2 atom stereocenters. The lowest BCUT2D eigenvalue weighted by Gasteiger charge is -2.08. The lowest BCUT2D eigenvalue weighted by molar-refractivity contribution is -0.132. The molecular formula is C13H18FNO3. The van der Waals surface area contributed by atoms with E-state index >= 15 is 0 Å². The van der Waals surface area contributed by atoms with Gasteiger partial charge in [0.25, 0.3) is 0 Å². The number of carboxylic acid groups (broad SMARTS) is 1. The second-order valence-electron chi connectivity index (χ2n) is 4.04. The number of halogens is 1. The smallest absolute Gasteiger partial charge is 0.335 e. The molecule has 1 aliphatic rings. The van der Waals surface area contributed by atoms with Crippen molar-refractivity contribution in [1.29, 1.82) is 0 Å². The van der Waals surface area contributed by atoms with Gasteiger partial charge in [-0.15, -0.1) is 0 Å². The lowest BCUT2D eigenvalue weighted by Crippen LogP contribution is -2.26. The maximum absolute atomic E-state index is 12.8. The average Bonchev–Trinajstić information content (AvgIpc) is 2.73. The van der Waals surface area contributed by atoms with E-state index in [4.69, 9.17) is 9.84 Å². The van der Waals surface area contributed by atoms with Crippen molar-refractivity contribution in [2.24, 2.45) is 0 Å². The van der Waals surface area contributed by atoms with Crippen molar-refractivity contribution < 1.29 is 19.0 Å². The molecule has 0 aromatic carbocycles. The third-order valence-corrected chi connectivity index (χ3v) is 2.54. The summed E-state index contributed by atoms with van der Waals surface area (Å²) >= 11 is 0. The predicted molar refractivity (Wildman–Crippen MR) is 67.2 cm³/mol. The summed E-state index contributed by atoms with van der Waals surface area (Å²) in [4.78, 5) is 10.7. The molecule has 0 aromatic rings. The van der Waals surface area contributed by atoms with E-state index in [1.165, 1.54) is 18.2 Å². The molecular weight excluding hydrogens is 237 g/mol. The number of hydrogen-bond acceptors (Lipinski definition) is 3. The summed E-state index contributed by atoms with van der Waals surface area (Å²) in [6.45, 7) is 4.55. The topological polar surface area (TPSA) is 58.6 Å². The van der Waals surface area contributed by atoms with Crippen molar-refractivity contribution >= 4 is 5.97 Å². The fourth-order valence-corrected chi connectivity index (χ4v) is 1.68. The molecule has 5 heteroatoms. The highest BCUT2D eigenvalue weighted by atomic mass is 19.1. The summed E-state index contributed by atoms with van der Waals surface area (Å²) in [5.41, 5.74) is 0.149. The third-order valence-electron chi connectivity index (χ3n) is 2.54. The molecule has 1 rings (SSSR count). The maximum atomic E-state index is 12.8. The van der Waals surface area contributed by atoms with E-state index in [2.05, 4.69) is 11.9 Å². The molecule has 1 saturated heterocycles. The largest absolute Gasteiger partial charge is 0.478 e. The van der Waals surface area contributed by atoms with Gasteiger partial charge in [-0.2, -0.15) is 0 Å². The second kappa shape index (κ2) is 7.79. The van der Waals surface area contributed by atoms with Gasteiger partial charge in [0, 0.05) is 12.6 Å². The molecule has 1 fully saturated rings. The maximum Gasteiger partial charge on any atom is 0.335 e. The summed E-state index contributed by atoms with van der Waals surface area (Å²) in [6.07, 6.45) is 5.59. The third kappa shape index (κ3) is 5.25. The molecule has 2 unspecified atom stereocenters. The van der Waals surface area contributed by atoms with Gasteiger partial charge in [-0.05, 0) is 18.6 Å². The Labute approximate surface area is 106 Å². The number of aliphatic carboxylic acids is 1. The number of alkyl halides is 1. The van der Waals surface area contributed by atoms with Crippen LogP contribution >= 0.6 is 0 Å². The quantitative estimate of drug-likeness (QED) is 0.411. The zero-order valence-corrected chi connectivity index (χ0v) is 10.1. The summed E-state index contributed by atoms with van der Waals surface area (Å²) < 4.78 is 18.1.